The van der Waals surface area contributed by atoms with Gasteiger partial charge in [0.1, 0.15) is 17.1 Å². The van der Waals surface area contributed by atoms with Crippen molar-refractivity contribution in [1.29, 1.82) is 0 Å². The molecule has 4 rings (SSSR count). The Balaban J connectivity index is 1.43. The van der Waals surface area contributed by atoms with E-state index in [0.29, 0.717) is 38.5 Å². The van der Waals surface area contributed by atoms with Crippen molar-refractivity contribution in [2.75, 3.05) is 23.9 Å². The Morgan fingerprint density at radius 2 is 1.70 bits per heavy atom. The molecule has 3 amide bonds. The first-order valence-corrected chi connectivity index (χ1v) is 11.9. The summed E-state index contributed by atoms with van der Waals surface area (Å²) in [4.78, 5) is 39.1. The molecule has 1 saturated heterocycles. The highest BCUT2D eigenvalue weighted by Gasteiger charge is 2.34. The number of carbonyl (C=O) groups is 3. The van der Waals surface area contributed by atoms with Crippen LogP contribution in [0.4, 0.5) is 11.4 Å². The molecule has 2 N–H and O–H groups in total. The minimum absolute atomic E-state index is 0.0154. The van der Waals surface area contributed by atoms with Crippen molar-refractivity contribution >= 4 is 75.7 Å². The van der Waals surface area contributed by atoms with Crippen LogP contribution in [-0.4, -0.2) is 36.6 Å². The van der Waals surface area contributed by atoms with Crippen molar-refractivity contribution in [2.24, 2.45) is 0 Å². The van der Waals surface area contributed by atoms with Crippen LogP contribution >= 0.6 is 35.4 Å². The number of anilines is 2. The zero-order chi connectivity index (χ0) is 26.5. The summed E-state index contributed by atoms with van der Waals surface area (Å²) in [6.45, 7) is -0.265. The normalized spacial score (nSPS) is 14.4. The fourth-order valence-corrected chi connectivity index (χ4v) is 4.00. The molecule has 0 aliphatic carbocycles. The standard InChI is InChI=1S/C26H19Cl2N3O5S/c1-35-18-9-5-17(6-10-18)31-25(34)20(24(33)30-26(31)37)12-15-2-7-19(8-3-15)36-14-23(32)29-22-13-16(27)4-11-21(22)28/h2-13H,14H2,1H3,(H,29,32)(H,30,33,37)/b20-12-. The number of nitrogens with zero attached hydrogens (tertiary/aromatic N) is 1. The monoisotopic (exact) mass is 555 g/mol. The van der Waals surface area contributed by atoms with E-state index in [-0.39, 0.29) is 17.3 Å². The highest BCUT2D eigenvalue weighted by molar-refractivity contribution is 7.80. The Labute approximate surface area is 227 Å². The first-order chi connectivity index (χ1) is 17.7. The molecule has 8 nitrogen and oxygen atoms in total. The summed E-state index contributed by atoms with van der Waals surface area (Å²) in [6.07, 6.45) is 1.45. The van der Waals surface area contributed by atoms with Crippen molar-refractivity contribution < 1.29 is 23.9 Å². The molecule has 11 heteroatoms. The van der Waals surface area contributed by atoms with Gasteiger partial charge in [-0.3, -0.25) is 24.6 Å². The summed E-state index contributed by atoms with van der Waals surface area (Å²) in [6, 6.07) is 18.0. The summed E-state index contributed by atoms with van der Waals surface area (Å²) in [5.41, 5.74) is 1.35. The Bertz CT molecular complexity index is 1410. The predicted octanol–water partition coefficient (Wildman–Crippen LogP) is 4.85. The number of ether oxygens (including phenoxy) is 2. The molecule has 0 unspecified atom stereocenters. The molecule has 0 saturated carbocycles. The van der Waals surface area contributed by atoms with Crippen LogP contribution in [0.15, 0.2) is 72.3 Å². The van der Waals surface area contributed by atoms with Crippen molar-refractivity contribution in [3.8, 4) is 11.5 Å². The lowest BCUT2D eigenvalue weighted by molar-refractivity contribution is -0.122. The number of thiocarbonyl (C=S) groups is 1. The third-order valence-electron chi connectivity index (χ3n) is 5.20. The minimum atomic E-state index is -0.601. The highest BCUT2D eigenvalue weighted by Crippen LogP contribution is 2.26. The van der Waals surface area contributed by atoms with Gasteiger partial charge >= 0.3 is 0 Å². The zero-order valence-electron chi connectivity index (χ0n) is 19.3. The smallest absolute Gasteiger partial charge is 0.270 e. The van der Waals surface area contributed by atoms with Crippen LogP contribution in [0.1, 0.15) is 5.56 Å². The summed E-state index contributed by atoms with van der Waals surface area (Å²) >= 11 is 17.2. The highest BCUT2D eigenvalue weighted by atomic mass is 35.5. The number of nitrogens with one attached hydrogen (secondary N) is 2. The molecule has 1 heterocycles. The molecular weight excluding hydrogens is 537 g/mol. The number of hydrogen-bond acceptors (Lipinski definition) is 6. The SMILES string of the molecule is COc1ccc(N2C(=O)/C(=C\c3ccc(OCC(=O)Nc4cc(Cl)ccc4Cl)cc3)C(=O)NC2=S)cc1. The van der Waals surface area contributed by atoms with Crippen molar-refractivity contribution in [1.82, 2.24) is 5.32 Å². The number of amides is 3. The molecule has 188 valence electrons. The van der Waals surface area contributed by atoms with E-state index in [4.69, 9.17) is 44.9 Å². The Hall–Kier alpha value is -3.92. The topological polar surface area (TPSA) is 97.0 Å². The lowest BCUT2D eigenvalue weighted by Crippen LogP contribution is -2.54. The fourth-order valence-electron chi connectivity index (χ4n) is 3.38. The van der Waals surface area contributed by atoms with Gasteiger partial charge in [-0.2, -0.15) is 0 Å². The molecule has 3 aromatic rings. The Morgan fingerprint density at radius 3 is 2.38 bits per heavy atom. The van der Waals surface area contributed by atoms with E-state index in [1.165, 1.54) is 24.2 Å². The second-order valence-electron chi connectivity index (χ2n) is 7.69. The third-order valence-corrected chi connectivity index (χ3v) is 6.05. The van der Waals surface area contributed by atoms with Gasteiger partial charge in [-0.1, -0.05) is 35.3 Å². The number of hydrogen-bond donors (Lipinski definition) is 2. The predicted molar refractivity (Wildman–Crippen MR) is 146 cm³/mol. The molecule has 37 heavy (non-hydrogen) atoms. The van der Waals surface area contributed by atoms with Gasteiger partial charge in [-0.25, -0.2) is 0 Å². The van der Waals surface area contributed by atoms with E-state index in [2.05, 4.69) is 10.6 Å². The van der Waals surface area contributed by atoms with Gasteiger partial charge in [0.15, 0.2) is 11.7 Å². The van der Waals surface area contributed by atoms with Crippen LogP contribution in [0.3, 0.4) is 0 Å². The third kappa shape index (κ3) is 6.26. The molecule has 1 aliphatic rings. The number of rotatable bonds is 7. The molecule has 0 atom stereocenters. The van der Waals surface area contributed by atoms with E-state index in [1.807, 2.05) is 0 Å². The van der Waals surface area contributed by atoms with Gasteiger partial charge in [0.05, 0.1) is 23.5 Å². The van der Waals surface area contributed by atoms with E-state index in [0.717, 1.165) is 0 Å². The van der Waals surface area contributed by atoms with Gasteiger partial charge < -0.3 is 14.8 Å². The minimum Gasteiger partial charge on any atom is -0.497 e. The van der Waals surface area contributed by atoms with Gasteiger partial charge in [0, 0.05) is 5.02 Å². The number of methoxy groups -OCH3 is 1. The quantitative estimate of drug-likeness (QED) is 0.246. The van der Waals surface area contributed by atoms with E-state index in [1.54, 1.807) is 60.7 Å². The van der Waals surface area contributed by atoms with Crippen LogP contribution in [0.25, 0.3) is 6.08 Å². The van der Waals surface area contributed by atoms with E-state index in [9.17, 15) is 14.4 Å². The maximum Gasteiger partial charge on any atom is 0.270 e. The average molecular weight is 556 g/mol. The van der Waals surface area contributed by atoms with Crippen molar-refractivity contribution in [3.05, 3.63) is 87.9 Å². The van der Waals surface area contributed by atoms with E-state index < -0.39 is 17.7 Å². The summed E-state index contributed by atoms with van der Waals surface area (Å²) in [7, 11) is 1.54. The molecule has 0 aromatic heterocycles. The zero-order valence-corrected chi connectivity index (χ0v) is 21.6. The second-order valence-corrected chi connectivity index (χ2v) is 8.92. The Morgan fingerprint density at radius 1 is 1.03 bits per heavy atom. The first-order valence-electron chi connectivity index (χ1n) is 10.8. The molecule has 0 spiro atoms. The lowest BCUT2D eigenvalue weighted by Gasteiger charge is -2.29. The second kappa shape index (κ2) is 11.4. The van der Waals surface area contributed by atoms with E-state index >= 15 is 0 Å². The molecule has 1 fully saturated rings. The summed E-state index contributed by atoms with van der Waals surface area (Å²) < 4.78 is 10.7. The van der Waals surface area contributed by atoms with Crippen LogP contribution < -0.4 is 25.0 Å². The van der Waals surface area contributed by atoms with Crippen LogP contribution in [0, 0.1) is 0 Å². The lowest BCUT2D eigenvalue weighted by atomic mass is 10.1. The molecule has 1 aliphatic heterocycles. The van der Waals surface area contributed by atoms with Crippen molar-refractivity contribution in [2.45, 2.75) is 0 Å². The number of benzene rings is 3. The number of carbonyl (C=O) groups excluding carboxylic acids is 3. The Kier molecular flexibility index (Phi) is 8.08. The average Bonchev–Trinajstić information content (AvgIpc) is 2.88. The van der Waals surface area contributed by atoms with Crippen LogP contribution in [0.5, 0.6) is 11.5 Å². The maximum atomic E-state index is 13.1. The van der Waals surface area contributed by atoms with Gasteiger partial charge in [-0.15, -0.1) is 0 Å². The maximum absolute atomic E-state index is 13.1. The molecular formula is C26H19Cl2N3O5S. The summed E-state index contributed by atoms with van der Waals surface area (Å²) in [5, 5.41) is 5.94. The fraction of sp³-hybridized carbons (Fsp3) is 0.0769. The largest absolute Gasteiger partial charge is 0.497 e. The summed E-state index contributed by atoms with van der Waals surface area (Å²) in [5.74, 6) is -0.552. The van der Waals surface area contributed by atoms with Gasteiger partial charge in [-0.05, 0) is 78.5 Å². The van der Waals surface area contributed by atoms with Crippen LogP contribution in [0.2, 0.25) is 10.0 Å². The number of halogens is 2. The first kappa shape index (κ1) is 26.2. The molecule has 0 bridgehead atoms. The van der Waals surface area contributed by atoms with Gasteiger partial charge in [0.2, 0.25) is 0 Å². The van der Waals surface area contributed by atoms with Crippen LogP contribution in [-0.2, 0) is 14.4 Å². The molecule has 0 radical (unpaired) electrons. The molecule has 3 aromatic carbocycles. The van der Waals surface area contributed by atoms with Gasteiger partial charge in [0.25, 0.3) is 17.7 Å². The van der Waals surface area contributed by atoms with Crippen molar-refractivity contribution in [3.63, 3.8) is 0 Å².